The third-order valence-electron chi connectivity index (χ3n) is 5.68. The summed E-state index contributed by atoms with van der Waals surface area (Å²) >= 11 is 0. The lowest BCUT2D eigenvalue weighted by Crippen LogP contribution is -2.47. The average molecular weight is 352 g/mol. The number of carboxylic acid groups (broad SMARTS) is 1. The van der Waals surface area contributed by atoms with Gasteiger partial charge in [0.1, 0.15) is 0 Å². The lowest BCUT2D eigenvalue weighted by molar-refractivity contribution is -0.147. The van der Waals surface area contributed by atoms with Crippen molar-refractivity contribution in [1.29, 1.82) is 0 Å². The first-order valence-electron chi connectivity index (χ1n) is 9.34. The summed E-state index contributed by atoms with van der Waals surface area (Å²) in [6.45, 7) is 7.62. The average Bonchev–Trinajstić information content (AvgIpc) is 2.52. The van der Waals surface area contributed by atoms with Crippen LogP contribution in [0.15, 0.2) is 0 Å². The van der Waals surface area contributed by atoms with Crippen LogP contribution in [-0.2, 0) is 14.4 Å². The summed E-state index contributed by atoms with van der Waals surface area (Å²) in [5.41, 5.74) is 0.168. The Morgan fingerprint density at radius 1 is 1.12 bits per heavy atom. The summed E-state index contributed by atoms with van der Waals surface area (Å²) in [4.78, 5) is 39.5. The van der Waals surface area contributed by atoms with Crippen molar-refractivity contribution in [2.24, 2.45) is 23.2 Å². The van der Waals surface area contributed by atoms with Crippen molar-refractivity contribution in [3.05, 3.63) is 0 Å². The molecule has 2 amide bonds. The molecule has 2 fully saturated rings. The molecule has 25 heavy (non-hydrogen) atoms. The Bertz CT molecular complexity index is 524. The highest BCUT2D eigenvalue weighted by molar-refractivity contribution is 5.86. The fourth-order valence-corrected chi connectivity index (χ4v) is 4.60. The third kappa shape index (κ3) is 5.19. The second-order valence-electron chi connectivity index (χ2n) is 8.80. The van der Waals surface area contributed by atoms with Crippen LogP contribution >= 0.6 is 0 Å². The zero-order valence-corrected chi connectivity index (χ0v) is 16.0. The molecule has 1 heterocycles. The van der Waals surface area contributed by atoms with E-state index in [0.29, 0.717) is 31.8 Å². The van der Waals surface area contributed by atoms with Crippen molar-refractivity contribution in [3.8, 4) is 0 Å². The van der Waals surface area contributed by atoms with Crippen LogP contribution in [0, 0.1) is 23.2 Å². The van der Waals surface area contributed by atoms with Gasteiger partial charge in [-0.3, -0.25) is 14.4 Å². The number of amides is 2. The predicted octanol–water partition coefficient (Wildman–Crippen LogP) is 2.23. The second kappa shape index (κ2) is 7.75. The molecule has 2 atom stereocenters. The van der Waals surface area contributed by atoms with Crippen LogP contribution in [0.1, 0.15) is 52.9 Å². The molecule has 2 rings (SSSR count). The third-order valence-corrected chi connectivity index (χ3v) is 5.68. The van der Waals surface area contributed by atoms with E-state index >= 15 is 0 Å². The van der Waals surface area contributed by atoms with Crippen molar-refractivity contribution in [1.82, 2.24) is 9.80 Å². The first kappa shape index (κ1) is 19.7. The van der Waals surface area contributed by atoms with Gasteiger partial charge in [-0.25, -0.2) is 0 Å². The second-order valence-corrected chi connectivity index (χ2v) is 8.80. The van der Waals surface area contributed by atoms with Gasteiger partial charge in [-0.05, 0) is 43.4 Å². The summed E-state index contributed by atoms with van der Waals surface area (Å²) in [5.74, 6) is -0.634. The first-order chi connectivity index (χ1) is 11.6. The first-order valence-corrected chi connectivity index (χ1v) is 9.34. The highest BCUT2D eigenvalue weighted by Gasteiger charge is 2.37. The molecular weight excluding hydrogens is 320 g/mol. The number of carbonyl (C=O) groups is 3. The quantitative estimate of drug-likeness (QED) is 0.841. The molecule has 1 saturated heterocycles. The fourth-order valence-electron chi connectivity index (χ4n) is 4.60. The van der Waals surface area contributed by atoms with Crippen LogP contribution < -0.4 is 0 Å². The number of likely N-dealkylation sites (N-methyl/N-ethyl adjacent to an activating group) is 1. The number of piperidine rings is 1. The number of carboxylic acids is 1. The highest BCUT2D eigenvalue weighted by Crippen LogP contribution is 2.42. The summed E-state index contributed by atoms with van der Waals surface area (Å²) in [5, 5.41) is 9.03. The number of hydrogen-bond acceptors (Lipinski definition) is 3. The van der Waals surface area contributed by atoms with E-state index in [-0.39, 0.29) is 35.6 Å². The number of likely N-dealkylation sites (tertiary alicyclic amines) is 1. The van der Waals surface area contributed by atoms with E-state index < -0.39 is 5.97 Å². The SMILES string of the molecule is CC1CC(C(=O)N(C)CC(=O)N2CCC(C(=O)O)CC2)CC(C)(C)C1. The van der Waals surface area contributed by atoms with Gasteiger partial charge in [0, 0.05) is 26.1 Å². The molecule has 6 nitrogen and oxygen atoms in total. The molecule has 0 bridgehead atoms. The van der Waals surface area contributed by atoms with E-state index in [1.165, 1.54) is 0 Å². The maximum Gasteiger partial charge on any atom is 0.306 e. The maximum absolute atomic E-state index is 12.8. The standard InChI is InChI=1S/C19H32N2O4/c1-13-9-15(11-19(2,3)10-13)17(23)20(4)12-16(22)21-7-5-14(6-8-21)18(24)25/h13-15H,5-12H2,1-4H3,(H,24,25). The van der Waals surface area contributed by atoms with Gasteiger partial charge in [0.25, 0.3) is 0 Å². The molecule has 0 aromatic heterocycles. The topological polar surface area (TPSA) is 77.9 Å². The number of nitrogens with zero attached hydrogens (tertiary/aromatic N) is 2. The molecule has 2 unspecified atom stereocenters. The fraction of sp³-hybridized carbons (Fsp3) is 0.842. The van der Waals surface area contributed by atoms with Gasteiger partial charge in [-0.2, -0.15) is 0 Å². The van der Waals surface area contributed by atoms with Crippen LogP contribution in [0.2, 0.25) is 0 Å². The van der Waals surface area contributed by atoms with Crippen LogP contribution in [0.4, 0.5) is 0 Å². The van der Waals surface area contributed by atoms with Gasteiger partial charge in [-0.1, -0.05) is 20.8 Å². The van der Waals surface area contributed by atoms with Crippen molar-refractivity contribution in [2.75, 3.05) is 26.7 Å². The minimum atomic E-state index is -0.784. The smallest absolute Gasteiger partial charge is 0.306 e. The maximum atomic E-state index is 12.8. The summed E-state index contributed by atoms with van der Waals surface area (Å²) in [6.07, 6.45) is 3.89. The van der Waals surface area contributed by atoms with Crippen LogP contribution in [-0.4, -0.2) is 59.4 Å². The molecule has 0 aromatic rings. The Labute approximate surface area is 150 Å². The summed E-state index contributed by atoms with van der Waals surface area (Å²) in [6, 6.07) is 0. The molecular formula is C19H32N2O4. The molecule has 1 aliphatic heterocycles. The van der Waals surface area contributed by atoms with Crippen LogP contribution in [0.5, 0.6) is 0 Å². The van der Waals surface area contributed by atoms with Crippen LogP contribution in [0.25, 0.3) is 0 Å². The minimum Gasteiger partial charge on any atom is -0.481 e. The van der Waals surface area contributed by atoms with Gasteiger partial charge >= 0.3 is 5.97 Å². The molecule has 142 valence electrons. The Kier molecular flexibility index (Phi) is 6.12. The van der Waals surface area contributed by atoms with Crippen LogP contribution in [0.3, 0.4) is 0 Å². The van der Waals surface area contributed by atoms with Crippen molar-refractivity contribution in [3.63, 3.8) is 0 Å². The van der Waals surface area contributed by atoms with Gasteiger partial charge < -0.3 is 14.9 Å². The summed E-state index contributed by atoms with van der Waals surface area (Å²) < 4.78 is 0. The Morgan fingerprint density at radius 3 is 2.24 bits per heavy atom. The number of hydrogen-bond donors (Lipinski definition) is 1. The van der Waals surface area contributed by atoms with Gasteiger partial charge in [0.15, 0.2) is 0 Å². The van der Waals surface area contributed by atoms with Gasteiger partial charge in [-0.15, -0.1) is 0 Å². The zero-order valence-electron chi connectivity index (χ0n) is 16.0. The van der Waals surface area contributed by atoms with Gasteiger partial charge in [0.05, 0.1) is 12.5 Å². The number of aliphatic carboxylic acids is 1. The predicted molar refractivity (Wildman–Crippen MR) is 94.9 cm³/mol. The Morgan fingerprint density at radius 2 is 1.72 bits per heavy atom. The largest absolute Gasteiger partial charge is 0.481 e. The number of rotatable bonds is 4. The van der Waals surface area contributed by atoms with Crippen molar-refractivity contribution < 1.29 is 19.5 Å². The molecule has 1 N–H and O–H groups in total. The Balaban J connectivity index is 1.86. The normalized spacial score (nSPS) is 27.0. The lowest BCUT2D eigenvalue weighted by Gasteiger charge is -2.39. The highest BCUT2D eigenvalue weighted by atomic mass is 16.4. The van der Waals surface area contributed by atoms with E-state index in [2.05, 4.69) is 20.8 Å². The molecule has 1 saturated carbocycles. The molecule has 0 radical (unpaired) electrons. The molecule has 2 aliphatic rings. The van der Waals surface area contributed by atoms with E-state index in [1.807, 2.05) is 0 Å². The van der Waals surface area contributed by atoms with E-state index in [9.17, 15) is 14.4 Å². The molecule has 0 spiro atoms. The van der Waals surface area contributed by atoms with E-state index in [4.69, 9.17) is 5.11 Å². The molecule has 1 aliphatic carbocycles. The molecule has 6 heteroatoms. The van der Waals surface area contributed by atoms with Crippen molar-refractivity contribution in [2.45, 2.75) is 52.9 Å². The zero-order chi connectivity index (χ0) is 18.8. The number of carbonyl (C=O) groups excluding carboxylic acids is 2. The minimum absolute atomic E-state index is 0.00528. The summed E-state index contributed by atoms with van der Waals surface area (Å²) in [7, 11) is 1.70. The monoisotopic (exact) mass is 352 g/mol. The van der Waals surface area contributed by atoms with E-state index in [0.717, 1.165) is 19.3 Å². The Hall–Kier alpha value is -1.59. The van der Waals surface area contributed by atoms with Gasteiger partial charge in [0.2, 0.25) is 11.8 Å². The lowest BCUT2D eigenvalue weighted by atomic mass is 9.68. The van der Waals surface area contributed by atoms with Crippen molar-refractivity contribution >= 4 is 17.8 Å². The van der Waals surface area contributed by atoms with E-state index in [1.54, 1.807) is 16.8 Å². The molecule has 0 aromatic carbocycles.